The van der Waals surface area contributed by atoms with Gasteiger partial charge >= 0.3 is 5.97 Å². The van der Waals surface area contributed by atoms with Crippen LogP contribution >= 0.6 is 11.6 Å². The van der Waals surface area contributed by atoms with E-state index < -0.39 is 11.8 Å². The lowest BCUT2D eigenvalue weighted by Gasteiger charge is -2.09. The highest BCUT2D eigenvalue weighted by atomic mass is 35.5. The number of carboxylic acids is 1. The van der Waals surface area contributed by atoms with Crippen molar-refractivity contribution in [1.29, 1.82) is 0 Å². The summed E-state index contributed by atoms with van der Waals surface area (Å²) in [4.78, 5) is 15.5. The topological polar surface area (TPSA) is 80.9 Å². The highest BCUT2D eigenvalue weighted by Crippen LogP contribution is 2.24. The van der Waals surface area contributed by atoms with Crippen LogP contribution in [-0.4, -0.2) is 31.1 Å². The van der Waals surface area contributed by atoms with Gasteiger partial charge in [0.2, 0.25) is 0 Å². The van der Waals surface area contributed by atoms with E-state index in [-0.39, 0.29) is 28.5 Å². The molecule has 0 amide bonds. The molecule has 3 aromatic rings. The number of carbonyl (C=O) groups is 1. The van der Waals surface area contributed by atoms with Gasteiger partial charge in [-0.1, -0.05) is 28.9 Å². The molecule has 2 aromatic heterocycles. The predicted octanol–water partition coefficient (Wildman–Crippen LogP) is 2.88. The lowest BCUT2D eigenvalue weighted by Crippen LogP contribution is -2.08. The van der Waals surface area contributed by atoms with Crippen LogP contribution in [0.5, 0.6) is 0 Å². The Morgan fingerprint density at radius 2 is 2.09 bits per heavy atom. The van der Waals surface area contributed by atoms with E-state index in [9.17, 15) is 14.3 Å². The van der Waals surface area contributed by atoms with E-state index in [2.05, 4.69) is 15.3 Å². The highest BCUT2D eigenvalue weighted by Gasteiger charge is 2.22. The molecule has 1 aromatic carbocycles. The first-order chi connectivity index (χ1) is 11.1. The van der Waals surface area contributed by atoms with Gasteiger partial charge in [-0.3, -0.25) is 4.98 Å². The average molecular weight is 333 g/mol. The molecule has 0 fully saturated rings. The molecule has 0 saturated heterocycles. The Bertz CT molecular complexity index is 847. The van der Waals surface area contributed by atoms with Crippen molar-refractivity contribution in [2.24, 2.45) is 0 Å². The Labute approximate surface area is 135 Å². The van der Waals surface area contributed by atoms with Crippen LogP contribution in [-0.2, 0) is 6.54 Å². The fourth-order valence-corrected chi connectivity index (χ4v) is 2.38. The van der Waals surface area contributed by atoms with Gasteiger partial charge in [-0.05, 0) is 24.3 Å². The van der Waals surface area contributed by atoms with Crippen molar-refractivity contribution in [3.05, 3.63) is 64.7 Å². The Kier molecular flexibility index (Phi) is 4.03. The van der Waals surface area contributed by atoms with Crippen LogP contribution in [0.15, 0.2) is 42.6 Å². The van der Waals surface area contributed by atoms with E-state index in [1.807, 2.05) is 0 Å². The number of rotatable bonds is 4. The van der Waals surface area contributed by atoms with E-state index in [1.54, 1.807) is 24.3 Å². The fourth-order valence-electron chi connectivity index (χ4n) is 2.16. The molecule has 8 heteroatoms. The lowest BCUT2D eigenvalue weighted by atomic mass is 10.2. The molecule has 0 spiro atoms. The zero-order valence-corrected chi connectivity index (χ0v) is 12.4. The summed E-state index contributed by atoms with van der Waals surface area (Å²) in [6.07, 6.45) is 1.52. The van der Waals surface area contributed by atoms with Crippen LogP contribution in [0.2, 0.25) is 5.02 Å². The molecule has 0 saturated carbocycles. The van der Waals surface area contributed by atoms with Crippen molar-refractivity contribution < 1.29 is 14.3 Å². The zero-order valence-electron chi connectivity index (χ0n) is 11.6. The second-order valence-corrected chi connectivity index (χ2v) is 5.07. The predicted molar refractivity (Wildman–Crippen MR) is 80.7 cm³/mol. The van der Waals surface area contributed by atoms with Crippen molar-refractivity contribution in [3.63, 3.8) is 0 Å². The summed E-state index contributed by atoms with van der Waals surface area (Å²) >= 11 is 6.01. The zero-order chi connectivity index (χ0) is 16.4. The van der Waals surface area contributed by atoms with Gasteiger partial charge in [-0.25, -0.2) is 13.9 Å². The molecule has 0 atom stereocenters. The minimum atomic E-state index is -1.24. The third kappa shape index (κ3) is 2.91. The molecular formula is C15H10ClFN4O2. The third-order valence-corrected chi connectivity index (χ3v) is 3.57. The van der Waals surface area contributed by atoms with Crippen LogP contribution in [0.1, 0.15) is 16.1 Å². The molecule has 0 aliphatic rings. The number of hydrogen-bond donors (Lipinski definition) is 1. The number of carboxylic acid groups (broad SMARTS) is 1. The molecule has 0 radical (unpaired) electrons. The van der Waals surface area contributed by atoms with Crippen LogP contribution < -0.4 is 0 Å². The summed E-state index contributed by atoms with van der Waals surface area (Å²) in [6.45, 7) is -0.0578. The van der Waals surface area contributed by atoms with E-state index >= 15 is 0 Å². The maximum absolute atomic E-state index is 14.0. The van der Waals surface area contributed by atoms with Crippen LogP contribution in [0, 0.1) is 5.82 Å². The van der Waals surface area contributed by atoms with Gasteiger partial charge in [-0.15, -0.1) is 5.10 Å². The van der Waals surface area contributed by atoms with Gasteiger partial charge in [0.25, 0.3) is 0 Å². The summed E-state index contributed by atoms with van der Waals surface area (Å²) in [5.74, 6) is -1.74. The molecule has 3 rings (SSSR count). The maximum atomic E-state index is 14.0. The molecule has 23 heavy (non-hydrogen) atoms. The van der Waals surface area contributed by atoms with Crippen molar-refractivity contribution in [2.45, 2.75) is 6.54 Å². The van der Waals surface area contributed by atoms with E-state index in [1.165, 1.54) is 23.0 Å². The van der Waals surface area contributed by atoms with Crippen LogP contribution in [0.3, 0.4) is 0 Å². The second-order valence-electron chi connectivity index (χ2n) is 4.66. The third-order valence-electron chi connectivity index (χ3n) is 3.21. The summed E-state index contributed by atoms with van der Waals surface area (Å²) < 4.78 is 15.2. The van der Waals surface area contributed by atoms with Crippen molar-refractivity contribution in [3.8, 4) is 11.4 Å². The molecule has 6 nitrogen and oxygen atoms in total. The van der Waals surface area contributed by atoms with Crippen LogP contribution in [0.25, 0.3) is 11.4 Å². The summed E-state index contributed by atoms with van der Waals surface area (Å²) in [6, 6.07) is 9.36. The number of hydrogen-bond acceptors (Lipinski definition) is 4. The van der Waals surface area contributed by atoms with Crippen molar-refractivity contribution in [1.82, 2.24) is 20.0 Å². The number of aromatic nitrogens is 4. The first-order valence-corrected chi connectivity index (χ1v) is 6.97. The average Bonchev–Trinajstić information content (AvgIpc) is 2.96. The van der Waals surface area contributed by atoms with Gasteiger partial charge < -0.3 is 5.11 Å². The molecule has 0 aliphatic heterocycles. The first kappa shape index (κ1) is 15.1. The number of benzene rings is 1. The fraction of sp³-hybridized carbons (Fsp3) is 0.0667. The van der Waals surface area contributed by atoms with E-state index in [0.717, 1.165) is 0 Å². The Hall–Kier alpha value is -2.80. The Morgan fingerprint density at radius 3 is 2.74 bits per heavy atom. The van der Waals surface area contributed by atoms with Gasteiger partial charge in [0, 0.05) is 16.8 Å². The minimum Gasteiger partial charge on any atom is -0.476 e. The van der Waals surface area contributed by atoms with Gasteiger partial charge in [0.1, 0.15) is 11.5 Å². The molecule has 0 unspecified atom stereocenters. The van der Waals surface area contributed by atoms with Gasteiger partial charge in [-0.2, -0.15) is 0 Å². The Morgan fingerprint density at radius 1 is 1.26 bits per heavy atom. The number of pyridine rings is 1. The van der Waals surface area contributed by atoms with Gasteiger partial charge in [0.05, 0.1) is 12.2 Å². The molecular weight excluding hydrogens is 323 g/mol. The smallest absolute Gasteiger partial charge is 0.358 e. The first-order valence-electron chi connectivity index (χ1n) is 6.59. The summed E-state index contributed by atoms with van der Waals surface area (Å²) in [7, 11) is 0. The molecule has 0 bridgehead atoms. The van der Waals surface area contributed by atoms with E-state index in [4.69, 9.17) is 11.6 Å². The summed E-state index contributed by atoms with van der Waals surface area (Å²) in [5, 5.41) is 17.0. The number of halogens is 2. The normalized spacial score (nSPS) is 10.7. The van der Waals surface area contributed by atoms with Crippen molar-refractivity contribution in [2.75, 3.05) is 0 Å². The molecule has 1 N–H and O–H groups in total. The SMILES string of the molecule is O=C(O)c1nnn(Cc2c(F)cccc2Cl)c1-c1ccccn1. The Balaban J connectivity index is 2.12. The highest BCUT2D eigenvalue weighted by molar-refractivity contribution is 6.31. The standard InChI is InChI=1S/C15H10ClFN4O2/c16-10-4-3-5-11(17)9(10)8-21-14(12-6-1-2-7-18-12)13(15(22)23)19-20-21/h1-7H,8H2,(H,22,23). The summed E-state index contributed by atoms with van der Waals surface area (Å²) in [5.41, 5.74) is 0.518. The lowest BCUT2D eigenvalue weighted by molar-refractivity contribution is 0.0691. The van der Waals surface area contributed by atoms with Gasteiger partial charge in [0.15, 0.2) is 5.69 Å². The quantitative estimate of drug-likeness (QED) is 0.794. The minimum absolute atomic E-state index is 0.0578. The monoisotopic (exact) mass is 332 g/mol. The molecule has 0 aliphatic carbocycles. The largest absolute Gasteiger partial charge is 0.476 e. The van der Waals surface area contributed by atoms with Crippen molar-refractivity contribution >= 4 is 17.6 Å². The molecule has 2 heterocycles. The maximum Gasteiger partial charge on any atom is 0.358 e. The second kappa shape index (κ2) is 6.13. The van der Waals surface area contributed by atoms with E-state index in [0.29, 0.717) is 5.69 Å². The molecule has 116 valence electrons. The van der Waals surface area contributed by atoms with Crippen LogP contribution in [0.4, 0.5) is 4.39 Å². The number of aromatic carboxylic acids is 1. The number of nitrogens with zero attached hydrogens (tertiary/aromatic N) is 4.